The van der Waals surface area contributed by atoms with Crippen LogP contribution in [0.4, 0.5) is 0 Å². The largest absolute Gasteiger partial charge is 0.593 e. The van der Waals surface area contributed by atoms with Gasteiger partial charge in [0.05, 0.1) is 29.5 Å². The molecule has 2 unspecified atom stereocenters. The fourth-order valence-corrected chi connectivity index (χ4v) is 3.68. The lowest BCUT2D eigenvalue weighted by molar-refractivity contribution is -0.000728. The van der Waals surface area contributed by atoms with Crippen molar-refractivity contribution in [1.29, 1.82) is 5.26 Å². The van der Waals surface area contributed by atoms with E-state index in [1.165, 1.54) is 4.31 Å². The molecule has 102 valence electrons. The molecule has 1 aliphatic rings. The maximum absolute atomic E-state index is 12.4. The topological polar surface area (TPSA) is 90.5 Å². The van der Waals surface area contributed by atoms with Crippen molar-refractivity contribution in [3.05, 3.63) is 28.8 Å². The van der Waals surface area contributed by atoms with Gasteiger partial charge in [-0.1, -0.05) is 17.7 Å². The Morgan fingerprint density at radius 1 is 1.58 bits per heavy atom. The minimum absolute atomic E-state index is 0.105. The average molecular weight is 301 g/mol. The van der Waals surface area contributed by atoms with E-state index >= 15 is 0 Å². The fraction of sp³-hybridized carbons (Fsp3) is 0.417. The number of β-amino-alcohol motifs (C(OH)–C–C–N with tert-alkyl or cyclic N) is 1. The van der Waals surface area contributed by atoms with Gasteiger partial charge in [0, 0.05) is 6.54 Å². The SMILES string of the molecule is N#Cc1c(Cl)cccc1[S+]([O-])N1CCC(O)(CO)C1. The van der Waals surface area contributed by atoms with Crippen molar-refractivity contribution in [2.75, 3.05) is 19.7 Å². The molecule has 1 fully saturated rings. The Bertz CT molecular complexity index is 522. The molecule has 0 aliphatic carbocycles. The summed E-state index contributed by atoms with van der Waals surface area (Å²) in [5.74, 6) is 0. The quantitative estimate of drug-likeness (QED) is 0.801. The molecule has 7 heteroatoms. The molecule has 0 aromatic heterocycles. The molecule has 1 heterocycles. The predicted molar refractivity (Wildman–Crippen MR) is 70.8 cm³/mol. The highest BCUT2D eigenvalue weighted by Gasteiger charge is 2.42. The summed E-state index contributed by atoms with van der Waals surface area (Å²) >= 11 is 4.33. The summed E-state index contributed by atoms with van der Waals surface area (Å²) in [4.78, 5) is 0.331. The van der Waals surface area contributed by atoms with Gasteiger partial charge in [0.15, 0.2) is 4.90 Å². The molecule has 1 aromatic carbocycles. The maximum Gasteiger partial charge on any atom is 0.193 e. The molecule has 1 aliphatic heterocycles. The number of aliphatic hydroxyl groups is 2. The van der Waals surface area contributed by atoms with Crippen molar-refractivity contribution in [1.82, 2.24) is 4.31 Å². The van der Waals surface area contributed by atoms with E-state index in [0.717, 1.165) is 0 Å². The van der Waals surface area contributed by atoms with Crippen molar-refractivity contribution in [3.63, 3.8) is 0 Å². The summed E-state index contributed by atoms with van der Waals surface area (Å²) in [6, 6.07) is 6.71. The third-order valence-electron chi connectivity index (χ3n) is 3.10. The van der Waals surface area contributed by atoms with Crippen LogP contribution in [0.3, 0.4) is 0 Å². The molecule has 2 N–H and O–H groups in total. The lowest BCUT2D eigenvalue weighted by Crippen LogP contribution is -2.38. The van der Waals surface area contributed by atoms with Gasteiger partial charge >= 0.3 is 0 Å². The molecule has 2 rings (SSSR count). The highest BCUT2D eigenvalue weighted by molar-refractivity contribution is 7.89. The minimum Gasteiger partial charge on any atom is -0.593 e. The molecule has 5 nitrogen and oxygen atoms in total. The van der Waals surface area contributed by atoms with Crippen LogP contribution in [0.1, 0.15) is 12.0 Å². The van der Waals surface area contributed by atoms with E-state index in [2.05, 4.69) is 0 Å². The van der Waals surface area contributed by atoms with Crippen LogP contribution in [0.15, 0.2) is 23.1 Å². The molecule has 0 spiro atoms. The van der Waals surface area contributed by atoms with Gasteiger partial charge < -0.3 is 14.8 Å². The summed E-state index contributed by atoms with van der Waals surface area (Å²) in [7, 11) is 0. The van der Waals surface area contributed by atoms with Crippen molar-refractivity contribution in [2.24, 2.45) is 0 Å². The Morgan fingerprint density at radius 3 is 2.89 bits per heavy atom. The van der Waals surface area contributed by atoms with Gasteiger partial charge in [0.1, 0.15) is 17.2 Å². The summed E-state index contributed by atoms with van der Waals surface area (Å²) in [6.07, 6.45) is 0.345. The molecule has 1 saturated heterocycles. The summed E-state index contributed by atoms with van der Waals surface area (Å²) in [5.41, 5.74) is -1.04. The van der Waals surface area contributed by atoms with Crippen molar-refractivity contribution in [2.45, 2.75) is 16.9 Å². The Kier molecular flexibility index (Phi) is 4.36. The first kappa shape index (κ1) is 14.6. The first-order valence-corrected chi connectivity index (χ1v) is 7.18. The normalized spacial score (nSPS) is 25.2. The second-order valence-electron chi connectivity index (χ2n) is 4.47. The summed E-state index contributed by atoms with van der Waals surface area (Å²) in [6.45, 7) is 0.121. The monoisotopic (exact) mass is 300 g/mol. The lowest BCUT2D eigenvalue weighted by Gasteiger charge is -2.22. The van der Waals surface area contributed by atoms with E-state index < -0.39 is 17.0 Å². The van der Waals surface area contributed by atoms with Crippen LogP contribution in [-0.2, 0) is 11.4 Å². The second-order valence-corrected chi connectivity index (χ2v) is 6.33. The minimum atomic E-state index is -1.57. The first-order valence-electron chi connectivity index (χ1n) is 5.69. The Hall–Kier alpha value is -0.810. The number of benzene rings is 1. The van der Waals surface area contributed by atoms with Gasteiger partial charge in [0.2, 0.25) is 0 Å². The Morgan fingerprint density at radius 2 is 2.32 bits per heavy atom. The molecule has 0 saturated carbocycles. The van der Waals surface area contributed by atoms with E-state index in [0.29, 0.717) is 17.9 Å². The number of nitrogens with zero attached hydrogens (tertiary/aromatic N) is 2. The van der Waals surface area contributed by atoms with Crippen LogP contribution < -0.4 is 0 Å². The van der Waals surface area contributed by atoms with Crippen molar-refractivity contribution >= 4 is 23.0 Å². The maximum atomic E-state index is 12.4. The zero-order chi connectivity index (χ0) is 14.0. The molecule has 2 atom stereocenters. The number of hydrogen-bond donors (Lipinski definition) is 2. The summed E-state index contributed by atoms with van der Waals surface area (Å²) in [5, 5.41) is 28.3. The van der Waals surface area contributed by atoms with Crippen LogP contribution in [0.2, 0.25) is 5.02 Å². The standard InChI is InChI=1S/C12H13ClN2O3S/c13-10-2-1-3-11(9(10)6-14)19(18)15-5-4-12(17,7-15)8-16/h1-3,16-17H,4-5,7-8H2. The first-order chi connectivity index (χ1) is 9.00. The number of rotatable bonds is 3. The van der Waals surface area contributed by atoms with Gasteiger partial charge in [-0.15, -0.1) is 4.31 Å². The van der Waals surface area contributed by atoms with Gasteiger partial charge in [-0.3, -0.25) is 0 Å². The number of nitriles is 1. The fourth-order valence-electron chi connectivity index (χ4n) is 1.99. The van der Waals surface area contributed by atoms with Gasteiger partial charge in [-0.25, -0.2) is 0 Å². The average Bonchev–Trinajstić information content (AvgIpc) is 2.81. The van der Waals surface area contributed by atoms with E-state index in [1.807, 2.05) is 6.07 Å². The Balaban J connectivity index is 2.25. The third kappa shape index (κ3) is 2.87. The van der Waals surface area contributed by atoms with Gasteiger partial charge in [-0.2, -0.15) is 5.26 Å². The highest BCUT2D eigenvalue weighted by Crippen LogP contribution is 2.30. The smallest absolute Gasteiger partial charge is 0.193 e. The zero-order valence-electron chi connectivity index (χ0n) is 10.0. The number of aliphatic hydroxyl groups excluding tert-OH is 1. The van der Waals surface area contributed by atoms with Crippen LogP contribution in [-0.4, -0.2) is 44.4 Å². The summed E-state index contributed by atoms with van der Waals surface area (Å²) < 4.78 is 13.9. The highest BCUT2D eigenvalue weighted by atomic mass is 35.5. The second kappa shape index (κ2) is 5.67. The molecular weight excluding hydrogens is 288 g/mol. The number of hydrogen-bond acceptors (Lipinski definition) is 5. The van der Waals surface area contributed by atoms with Crippen LogP contribution in [0.25, 0.3) is 0 Å². The Labute approximate surface area is 119 Å². The van der Waals surface area contributed by atoms with E-state index in [-0.39, 0.29) is 23.7 Å². The van der Waals surface area contributed by atoms with Gasteiger partial charge in [0.25, 0.3) is 0 Å². The lowest BCUT2D eigenvalue weighted by atomic mass is 10.1. The molecule has 1 aromatic rings. The van der Waals surface area contributed by atoms with Crippen molar-refractivity contribution in [3.8, 4) is 6.07 Å². The number of halogens is 1. The molecule has 0 bridgehead atoms. The van der Waals surface area contributed by atoms with Crippen LogP contribution in [0, 0.1) is 11.3 Å². The van der Waals surface area contributed by atoms with Crippen molar-refractivity contribution < 1.29 is 14.8 Å². The molecular formula is C12H13ClN2O3S. The zero-order valence-corrected chi connectivity index (χ0v) is 11.6. The predicted octanol–water partition coefficient (Wildman–Crippen LogP) is 0.663. The molecule has 19 heavy (non-hydrogen) atoms. The van der Waals surface area contributed by atoms with E-state index in [9.17, 15) is 9.66 Å². The molecule has 0 amide bonds. The third-order valence-corrected chi connectivity index (χ3v) is 4.91. The van der Waals surface area contributed by atoms with E-state index in [1.54, 1.807) is 18.2 Å². The molecule has 0 radical (unpaired) electrons. The van der Waals surface area contributed by atoms with E-state index in [4.69, 9.17) is 22.0 Å². The van der Waals surface area contributed by atoms with Gasteiger partial charge in [-0.05, 0) is 18.6 Å². The van der Waals surface area contributed by atoms with Crippen LogP contribution in [0.5, 0.6) is 0 Å². The van der Waals surface area contributed by atoms with Crippen LogP contribution >= 0.6 is 11.6 Å².